The van der Waals surface area contributed by atoms with Crippen LogP contribution in [0, 0.1) is 13.8 Å². The van der Waals surface area contributed by atoms with Crippen LogP contribution in [-0.2, 0) is 18.6 Å². The molecule has 4 aromatic rings. The first kappa shape index (κ1) is 16.5. The summed E-state index contributed by atoms with van der Waals surface area (Å²) in [5.41, 5.74) is 7.05. The zero-order valence-corrected chi connectivity index (χ0v) is 16.2. The van der Waals surface area contributed by atoms with Crippen LogP contribution in [0.1, 0.15) is 34.8 Å². The summed E-state index contributed by atoms with van der Waals surface area (Å²) in [6.45, 7) is 4.01. The third-order valence-electron chi connectivity index (χ3n) is 4.95. The number of benzene rings is 1. The Morgan fingerprint density at radius 2 is 1.89 bits per heavy atom. The Kier molecular flexibility index (Phi) is 3.97. The zero-order chi connectivity index (χ0) is 18.4. The molecule has 3 heterocycles. The van der Waals surface area contributed by atoms with Crippen LogP contribution < -0.4 is 0 Å². The second-order valence-electron chi connectivity index (χ2n) is 6.91. The van der Waals surface area contributed by atoms with Gasteiger partial charge < -0.3 is 0 Å². The van der Waals surface area contributed by atoms with E-state index >= 15 is 0 Å². The van der Waals surface area contributed by atoms with Crippen molar-refractivity contribution in [1.29, 1.82) is 0 Å². The standard InChI is InChI=1S/C20H20N6S/c1-13-11-14(2)25-19(21-13)22-20(24-25)27-12-17-16-9-6-10-18(16)26(23-17)15-7-4-3-5-8-15/h3-5,7-8,11H,6,9-10,12H2,1-2H3. The molecule has 1 aliphatic carbocycles. The van der Waals surface area contributed by atoms with E-state index in [0.717, 1.165) is 46.5 Å². The highest BCUT2D eigenvalue weighted by atomic mass is 32.2. The number of nitrogens with zero attached hydrogens (tertiary/aromatic N) is 6. The van der Waals surface area contributed by atoms with Gasteiger partial charge in [0, 0.05) is 22.8 Å². The van der Waals surface area contributed by atoms with Crippen molar-refractivity contribution in [3.8, 4) is 5.69 Å². The van der Waals surface area contributed by atoms with Crippen LogP contribution in [0.4, 0.5) is 0 Å². The lowest BCUT2D eigenvalue weighted by molar-refractivity contribution is 0.771. The molecule has 1 aromatic carbocycles. The van der Waals surface area contributed by atoms with E-state index in [1.165, 1.54) is 17.7 Å². The van der Waals surface area contributed by atoms with Crippen molar-refractivity contribution in [1.82, 2.24) is 29.4 Å². The van der Waals surface area contributed by atoms with E-state index in [4.69, 9.17) is 5.10 Å². The van der Waals surface area contributed by atoms with E-state index < -0.39 is 0 Å². The van der Waals surface area contributed by atoms with Crippen molar-refractivity contribution in [2.45, 2.75) is 44.0 Å². The number of para-hydroxylation sites is 1. The maximum absolute atomic E-state index is 4.92. The third-order valence-corrected chi connectivity index (χ3v) is 5.80. The number of aromatic nitrogens is 6. The summed E-state index contributed by atoms with van der Waals surface area (Å²) in [4.78, 5) is 9.05. The molecule has 27 heavy (non-hydrogen) atoms. The molecule has 0 N–H and O–H groups in total. The molecule has 0 saturated heterocycles. The minimum atomic E-state index is 0.662. The molecule has 0 fully saturated rings. The topological polar surface area (TPSA) is 60.9 Å². The van der Waals surface area contributed by atoms with Gasteiger partial charge in [0.05, 0.1) is 11.4 Å². The maximum atomic E-state index is 4.92. The quantitative estimate of drug-likeness (QED) is 0.508. The summed E-state index contributed by atoms with van der Waals surface area (Å²) < 4.78 is 3.92. The minimum Gasteiger partial charge on any atom is -0.237 e. The number of fused-ring (bicyclic) bond motifs is 2. The van der Waals surface area contributed by atoms with Gasteiger partial charge in [0.2, 0.25) is 5.16 Å². The van der Waals surface area contributed by atoms with Crippen molar-refractivity contribution in [3.05, 3.63) is 64.7 Å². The van der Waals surface area contributed by atoms with Gasteiger partial charge in [-0.25, -0.2) is 14.2 Å². The molecule has 0 atom stereocenters. The molecule has 1 aliphatic rings. The number of hydrogen-bond acceptors (Lipinski definition) is 5. The Morgan fingerprint density at radius 3 is 2.74 bits per heavy atom. The highest BCUT2D eigenvalue weighted by Gasteiger charge is 2.23. The van der Waals surface area contributed by atoms with Crippen LogP contribution in [-0.4, -0.2) is 29.4 Å². The molecule has 7 heteroatoms. The minimum absolute atomic E-state index is 0.662. The summed E-state index contributed by atoms with van der Waals surface area (Å²) in [7, 11) is 0. The molecule has 0 bridgehead atoms. The molecule has 3 aromatic heterocycles. The van der Waals surface area contributed by atoms with E-state index in [1.54, 1.807) is 11.8 Å². The highest BCUT2D eigenvalue weighted by molar-refractivity contribution is 7.98. The van der Waals surface area contributed by atoms with Gasteiger partial charge in [-0.1, -0.05) is 30.0 Å². The highest BCUT2D eigenvalue weighted by Crippen LogP contribution is 2.31. The molecule has 0 amide bonds. The fourth-order valence-corrected chi connectivity index (χ4v) is 4.54. The Balaban J connectivity index is 1.44. The number of thioether (sulfide) groups is 1. The maximum Gasteiger partial charge on any atom is 0.253 e. The Labute approximate surface area is 161 Å². The van der Waals surface area contributed by atoms with Crippen molar-refractivity contribution < 1.29 is 0 Å². The van der Waals surface area contributed by atoms with Crippen molar-refractivity contribution in [3.63, 3.8) is 0 Å². The lowest BCUT2D eigenvalue weighted by Gasteiger charge is -2.04. The van der Waals surface area contributed by atoms with Gasteiger partial charge in [-0.2, -0.15) is 10.1 Å². The molecular weight excluding hydrogens is 356 g/mol. The van der Waals surface area contributed by atoms with Crippen LogP contribution >= 0.6 is 11.8 Å². The van der Waals surface area contributed by atoms with Crippen LogP contribution in [0.25, 0.3) is 11.5 Å². The monoisotopic (exact) mass is 376 g/mol. The van der Waals surface area contributed by atoms with Gasteiger partial charge in [-0.05, 0) is 56.9 Å². The number of hydrogen-bond donors (Lipinski definition) is 0. The second kappa shape index (κ2) is 6.49. The molecular formula is C20H20N6S. The molecule has 0 spiro atoms. The van der Waals surface area contributed by atoms with Crippen LogP contribution in [0.5, 0.6) is 0 Å². The smallest absolute Gasteiger partial charge is 0.237 e. The Hall–Kier alpha value is -2.67. The van der Waals surface area contributed by atoms with Crippen LogP contribution in [0.2, 0.25) is 0 Å². The molecule has 0 aliphatic heterocycles. The van der Waals surface area contributed by atoms with E-state index in [1.807, 2.05) is 30.5 Å². The first-order chi connectivity index (χ1) is 13.2. The van der Waals surface area contributed by atoms with E-state index in [0.29, 0.717) is 5.78 Å². The number of aryl methyl sites for hydroxylation is 2. The van der Waals surface area contributed by atoms with Crippen molar-refractivity contribution in [2.75, 3.05) is 0 Å². The van der Waals surface area contributed by atoms with E-state index in [9.17, 15) is 0 Å². The third kappa shape index (κ3) is 2.92. The van der Waals surface area contributed by atoms with Crippen molar-refractivity contribution >= 4 is 17.5 Å². The van der Waals surface area contributed by atoms with Gasteiger partial charge in [0.15, 0.2) is 0 Å². The fourth-order valence-electron chi connectivity index (χ4n) is 3.75. The van der Waals surface area contributed by atoms with Gasteiger partial charge in [0.1, 0.15) is 0 Å². The normalized spacial score (nSPS) is 13.4. The van der Waals surface area contributed by atoms with Gasteiger partial charge in [-0.3, -0.25) is 0 Å². The summed E-state index contributed by atoms with van der Waals surface area (Å²) in [5, 5.41) is 10.3. The lowest BCUT2D eigenvalue weighted by Crippen LogP contribution is -2.01. The van der Waals surface area contributed by atoms with Crippen LogP contribution in [0.3, 0.4) is 0 Å². The largest absolute Gasteiger partial charge is 0.253 e. The molecule has 0 saturated carbocycles. The molecule has 0 unspecified atom stereocenters. The molecule has 6 nitrogen and oxygen atoms in total. The summed E-state index contributed by atoms with van der Waals surface area (Å²) in [6.07, 6.45) is 3.40. The first-order valence-corrected chi connectivity index (χ1v) is 10.2. The van der Waals surface area contributed by atoms with E-state index in [-0.39, 0.29) is 0 Å². The predicted octanol–water partition coefficient (Wildman–Crippen LogP) is 3.71. The molecule has 136 valence electrons. The second-order valence-corrected chi connectivity index (χ2v) is 7.85. The molecule has 0 radical (unpaired) electrons. The fraction of sp³-hybridized carbons (Fsp3) is 0.300. The molecule has 5 rings (SSSR count). The SMILES string of the molecule is Cc1cc(C)n2nc(SCc3nn(-c4ccccc4)c4c3CCC4)nc2n1. The first-order valence-electron chi connectivity index (χ1n) is 9.18. The van der Waals surface area contributed by atoms with Gasteiger partial charge in [0.25, 0.3) is 5.78 Å². The average Bonchev–Trinajstić information content (AvgIpc) is 3.35. The summed E-state index contributed by atoms with van der Waals surface area (Å²) in [6, 6.07) is 12.4. The summed E-state index contributed by atoms with van der Waals surface area (Å²) >= 11 is 1.63. The zero-order valence-electron chi connectivity index (χ0n) is 15.4. The lowest BCUT2D eigenvalue weighted by atomic mass is 10.2. The summed E-state index contributed by atoms with van der Waals surface area (Å²) in [5.74, 6) is 1.44. The van der Waals surface area contributed by atoms with Gasteiger partial charge in [-0.15, -0.1) is 5.10 Å². The van der Waals surface area contributed by atoms with Crippen LogP contribution in [0.15, 0.2) is 41.6 Å². The van der Waals surface area contributed by atoms with Crippen molar-refractivity contribution in [2.24, 2.45) is 0 Å². The van der Waals surface area contributed by atoms with E-state index in [2.05, 4.69) is 44.0 Å². The number of rotatable bonds is 4. The Morgan fingerprint density at radius 1 is 1.04 bits per heavy atom. The van der Waals surface area contributed by atoms with Gasteiger partial charge >= 0.3 is 0 Å². The Bertz CT molecular complexity index is 1130. The predicted molar refractivity (Wildman–Crippen MR) is 105 cm³/mol. The average molecular weight is 376 g/mol.